The highest BCUT2D eigenvalue weighted by molar-refractivity contribution is 5.86. The fourth-order valence-corrected chi connectivity index (χ4v) is 7.91. The molecule has 0 heterocycles. The summed E-state index contributed by atoms with van der Waals surface area (Å²) in [5.74, 6) is 2.86. The zero-order valence-corrected chi connectivity index (χ0v) is 35.6. The summed E-state index contributed by atoms with van der Waals surface area (Å²) in [6, 6.07) is 15.0. The summed E-state index contributed by atoms with van der Waals surface area (Å²) in [4.78, 5) is 3.36. The Morgan fingerprint density at radius 3 is 1.11 bits per heavy atom. The van der Waals surface area contributed by atoms with Crippen LogP contribution in [0.25, 0.3) is 11.1 Å². The van der Waals surface area contributed by atoms with Crippen molar-refractivity contribution >= 4 is 11.4 Å². The van der Waals surface area contributed by atoms with Crippen molar-refractivity contribution in [2.24, 2.45) is 0 Å². The Balaban J connectivity index is 2.52. The summed E-state index contributed by atoms with van der Waals surface area (Å²) >= 11 is 0. The second kappa shape index (κ2) is 31.7. The van der Waals surface area contributed by atoms with Crippen LogP contribution in [-0.4, -0.2) is 10.7 Å². The van der Waals surface area contributed by atoms with E-state index in [0.717, 1.165) is 38.5 Å². The second-order valence-corrected chi connectivity index (χ2v) is 16.2. The number of hydrogen-bond donors (Lipinski definition) is 0. The van der Waals surface area contributed by atoms with Gasteiger partial charge < -0.3 is 5.53 Å². The maximum Gasteiger partial charge on any atom is 0.299 e. The Hall–Kier alpha value is -2.66. The summed E-state index contributed by atoms with van der Waals surface area (Å²) in [6.45, 7) is 11.5. The maximum absolute atomic E-state index is 9.57. The van der Waals surface area contributed by atoms with Gasteiger partial charge in [0.15, 0.2) is 0 Å². The van der Waals surface area contributed by atoms with E-state index in [4.69, 9.17) is 0 Å². The molecule has 53 heavy (non-hydrogen) atoms. The Bertz CT molecular complexity index is 1270. The third-order valence-electron chi connectivity index (χ3n) is 11.1. The molecule has 0 aliphatic rings. The Morgan fingerprint density at radius 1 is 0.434 bits per heavy atom. The number of benzene rings is 2. The van der Waals surface area contributed by atoms with Crippen LogP contribution < -0.4 is 0 Å². The molecular formula is C51H82N2. The average Bonchev–Trinajstić information content (AvgIpc) is 3.17. The van der Waals surface area contributed by atoms with E-state index in [1.54, 1.807) is 0 Å². The minimum atomic E-state index is 0.964. The lowest BCUT2D eigenvalue weighted by Gasteiger charge is -2.19. The van der Waals surface area contributed by atoms with Gasteiger partial charge in [-0.2, -0.15) is 0 Å². The second-order valence-electron chi connectivity index (χ2n) is 16.2. The van der Waals surface area contributed by atoms with Gasteiger partial charge in [0.2, 0.25) is 0 Å². The molecule has 0 saturated carbocycles. The fourth-order valence-electron chi connectivity index (χ4n) is 7.91. The molecule has 0 aliphatic carbocycles. The van der Waals surface area contributed by atoms with Crippen LogP contribution >= 0.6 is 0 Å². The van der Waals surface area contributed by atoms with E-state index in [-0.39, 0.29) is 0 Å². The predicted octanol–water partition coefficient (Wildman–Crippen LogP) is 16.4. The van der Waals surface area contributed by atoms with Gasteiger partial charge in [-0.15, -0.1) is 4.79 Å². The number of allylic oxidation sites excluding steroid dienone is 2. The van der Waals surface area contributed by atoms with Gasteiger partial charge in [-0.05, 0) is 109 Å². The third kappa shape index (κ3) is 21.1. The van der Waals surface area contributed by atoms with E-state index < -0.39 is 0 Å². The molecule has 2 heteroatoms. The lowest BCUT2D eigenvalue weighted by Crippen LogP contribution is -2.01. The molecule has 2 rings (SSSR count). The Kier molecular flexibility index (Phi) is 27.8. The van der Waals surface area contributed by atoms with Gasteiger partial charge in [-0.25, -0.2) is 0 Å². The predicted molar refractivity (Wildman–Crippen MR) is 235 cm³/mol. The largest absolute Gasteiger partial charge is 0.348 e. The van der Waals surface area contributed by atoms with E-state index in [9.17, 15) is 5.53 Å². The van der Waals surface area contributed by atoms with Crippen LogP contribution in [0.1, 0.15) is 235 Å². The SMILES string of the molecule is CCCCCCCCCCCc1cc(CCCCCCCCCCC)cc(C(=C(C=C=[N+]=[N-])CCCCC)c2cc(CCCC)cc(CCCC)c2)c1. The van der Waals surface area contributed by atoms with Crippen LogP contribution in [0.3, 0.4) is 0 Å². The van der Waals surface area contributed by atoms with Crippen LogP contribution in [0, 0.1) is 0 Å². The van der Waals surface area contributed by atoms with Gasteiger partial charge >= 0.3 is 0 Å². The summed E-state index contributed by atoms with van der Waals surface area (Å²) in [5, 5.41) is 0. The molecule has 0 unspecified atom stereocenters. The molecule has 0 fully saturated rings. The molecule has 0 N–H and O–H groups in total. The number of nitrogens with zero attached hydrogens (tertiary/aromatic N) is 2. The lowest BCUT2D eigenvalue weighted by atomic mass is 9.85. The van der Waals surface area contributed by atoms with Crippen molar-refractivity contribution in [1.29, 1.82) is 0 Å². The van der Waals surface area contributed by atoms with Gasteiger partial charge in [0.25, 0.3) is 5.87 Å². The summed E-state index contributed by atoms with van der Waals surface area (Å²) < 4.78 is 0. The zero-order chi connectivity index (χ0) is 38.2. The van der Waals surface area contributed by atoms with Crippen molar-refractivity contribution in [2.75, 3.05) is 0 Å². The zero-order valence-electron chi connectivity index (χ0n) is 35.6. The van der Waals surface area contributed by atoms with Crippen molar-refractivity contribution in [1.82, 2.24) is 0 Å². The van der Waals surface area contributed by atoms with Crippen LogP contribution in [0.2, 0.25) is 0 Å². The quantitative estimate of drug-likeness (QED) is 0.0231. The van der Waals surface area contributed by atoms with Crippen molar-refractivity contribution in [3.63, 3.8) is 0 Å². The van der Waals surface area contributed by atoms with Crippen LogP contribution in [0.5, 0.6) is 0 Å². The number of unbranched alkanes of at least 4 members (excludes halogenated alkanes) is 20. The van der Waals surface area contributed by atoms with Gasteiger partial charge in [0, 0.05) is 0 Å². The van der Waals surface area contributed by atoms with E-state index in [0.29, 0.717) is 0 Å². The van der Waals surface area contributed by atoms with Crippen molar-refractivity contribution < 1.29 is 4.79 Å². The van der Waals surface area contributed by atoms with E-state index in [2.05, 4.69) is 81.7 Å². The topological polar surface area (TPSA) is 36.4 Å². The van der Waals surface area contributed by atoms with E-state index in [1.807, 2.05) is 6.08 Å². The molecule has 0 aromatic heterocycles. The minimum Gasteiger partial charge on any atom is -0.348 e. The smallest absolute Gasteiger partial charge is 0.299 e. The average molecular weight is 723 g/mol. The summed E-state index contributed by atoms with van der Waals surface area (Å²) in [6.07, 6.45) is 40.4. The van der Waals surface area contributed by atoms with Crippen molar-refractivity contribution in [3.05, 3.63) is 87.0 Å². The third-order valence-corrected chi connectivity index (χ3v) is 11.1. The molecule has 0 aliphatic heterocycles. The molecule has 0 spiro atoms. The molecule has 296 valence electrons. The highest BCUT2D eigenvalue weighted by atomic mass is 14.8. The van der Waals surface area contributed by atoms with Gasteiger partial charge in [0.05, 0.1) is 6.08 Å². The summed E-state index contributed by atoms with van der Waals surface area (Å²) in [5.41, 5.74) is 20.7. The van der Waals surface area contributed by atoms with E-state index >= 15 is 0 Å². The Morgan fingerprint density at radius 2 is 0.755 bits per heavy atom. The monoisotopic (exact) mass is 723 g/mol. The standard InChI is InChI=1S/C51H82N2/c1-6-11-16-18-20-22-24-26-29-33-46-39-47(34-30-27-25-23-21-19-17-12-7-2)43-50(42-46)51(48(36-37-53-52)35-28-13-8-3)49-40-44(31-14-9-4)38-45(41-49)32-15-10-5/h36,38-43H,6-35H2,1-5H3. The van der Waals surface area contributed by atoms with Gasteiger partial charge in [-0.3, -0.25) is 0 Å². The molecule has 0 atom stereocenters. The van der Waals surface area contributed by atoms with Gasteiger partial charge in [0.1, 0.15) is 0 Å². The van der Waals surface area contributed by atoms with Crippen LogP contribution in [0.15, 0.2) is 48.0 Å². The maximum atomic E-state index is 9.57. The summed E-state index contributed by atoms with van der Waals surface area (Å²) in [7, 11) is 0. The first-order valence-electron chi connectivity index (χ1n) is 23.0. The molecule has 0 radical (unpaired) electrons. The molecular weight excluding hydrogens is 641 g/mol. The Labute approximate surface area is 329 Å². The van der Waals surface area contributed by atoms with Crippen LogP contribution in [0.4, 0.5) is 0 Å². The fraction of sp³-hybridized carbons (Fsp3) is 0.686. The number of rotatable bonds is 33. The molecule has 2 aromatic rings. The van der Waals surface area contributed by atoms with Crippen molar-refractivity contribution in [3.8, 4) is 0 Å². The first-order valence-corrected chi connectivity index (χ1v) is 23.0. The highest BCUT2D eigenvalue weighted by Crippen LogP contribution is 2.34. The minimum absolute atomic E-state index is 0.964. The first-order chi connectivity index (χ1) is 26.1. The molecule has 0 saturated heterocycles. The molecule has 2 aromatic carbocycles. The normalized spacial score (nSPS) is 11.7. The molecule has 0 bridgehead atoms. The van der Waals surface area contributed by atoms with Crippen LogP contribution in [-0.2, 0) is 25.7 Å². The van der Waals surface area contributed by atoms with Crippen molar-refractivity contribution in [2.45, 2.75) is 227 Å². The van der Waals surface area contributed by atoms with E-state index in [1.165, 1.54) is 199 Å². The highest BCUT2D eigenvalue weighted by Gasteiger charge is 2.16. The van der Waals surface area contributed by atoms with Gasteiger partial charge in [-0.1, -0.05) is 199 Å². The lowest BCUT2D eigenvalue weighted by molar-refractivity contribution is 0.00800. The number of hydrogen-bond acceptors (Lipinski definition) is 0. The molecule has 2 nitrogen and oxygen atoms in total. The first kappa shape index (κ1) is 46.5. The molecule has 0 amide bonds. The number of aryl methyl sites for hydroxylation is 4.